The molecule has 1 aromatic carbocycles. The molecule has 0 aliphatic carbocycles. The summed E-state index contributed by atoms with van der Waals surface area (Å²) in [6.45, 7) is 2.74. The van der Waals surface area contributed by atoms with Crippen LogP contribution in [0.5, 0.6) is 0 Å². The van der Waals surface area contributed by atoms with Gasteiger partial charge in [0.2, 0.25) is 5.91 Å². The second kappa shape index (κ2) is 12.8. The summed E-state index contributed by atoms with van der Waals surface area (Å²) >= 11 is 0. The normalized spacial score (nSPS) is 16.0. The van der Waals surface area contributed by atoms with Gasteiger partial charge in [0.05, 0.1) is 12.6 Å². The molecule has 0 aliphatic rings. The minimum atomic E-state index is -2.32. The van der Waals surface area contributed by atoms with Crippen LogP contribution >= 0.6 is 0 Å². The Morgan fingerprint density at radius 2 is 1.61 bits per heavy atom. The molecule has 174 valence electrons. The Bertz CT molecular complexity index is 714. The van der Waals surface area contributed by atoms with Crippen molar-refractivity contribution in [3.05, 3.63) is 35.9 Å². The van der Waals surface area contributed by atoms with Gasteiger partial charge in [0.25, 0.3) is 0 Å². The zero-order valence-corrected chi connectivity index (χ0v) is 17.3. The lowest BCUT2D eigenvalue weighted by Crippen LogP contribution is -2.58. The molecule has 1 rings (SSSR count). The number of aliphatic carboxylic acids is 1. The fourth-order valence-electron chi connectivity index (χ4n) is 2.70. The molecule has 0 fully saturated rings. The molecule has 2 amide bonds. The predicted molar refractivity (Wildman–Crippen MR) is 108 cm³/mol. The van der Waals surface area contributed by atoms with Crippen LogP contribution < -0.4 is 10.6 Å². The molecule has 1 aromatic rings. The van der Waals surface area contributed by atoms with E-state index in [1.807, 2.05) is 19.9 Å². The first-order valence-corrected chi connectivity index (χ1v) is 9.72. The highest BCUT2D eigenvalue weighted by molar-refractivity contribution is 5.86. The first-order chi connectivity index (χ1) is 14.6. The molecule has 0 spiro atoms. The van der Waals surface area contributed by atoms with Crippen molar-refractivity contribution in [2.24, 2.45) is 5.92 Å². The summed E-state index contributed by atoms with van der Waals surface area (Å²) in [5.74, 6) is -2.60. The third-order valence-corrected chi connectivity index (χ3v) is 4.39. The predicted octanol–water partition coefficient (Wildman–Crippen LogP) is -1.03. The first-order valence-electron chi connectivity index (χ1n) is 9.72. The second-order valence-corrected chi connectivity index (χ2v) is 7.45. The number of amides is 2. The van der Waals surface area contributed by atoms with Gasteiger partial charge in [-0.15, -0.1) is 0 Å². The van der Waals surface area contributed by atoms with E-state index in [0.717, 1.165) is 5.56 Å². The number of ether oxygens (including phenoxy) is 1. The highest BCUT2D eigenvalue weighted by Crippen LogP contribution is 2.10. The van der Waals surface area contributed by atoms with Crippen LogP contribution in [0.4, 0.5) is 4.79 Å². The van der Waals surface area contributed by atoms with E-state index in [2.05, 4.69) is 10.6 Å². The minimum absolute atomic E-state index is 0.0139. The maximum absolute atomic E-state index is 12.6. The lowest BCUT2D eigenvalue weighted by atomic mass is 9.99. The van der Waals surface area contributed by atoms with E-state index in [-0.39, 0.29) is 18.9 Å². The topological polar surface area (TPSA) is 186 Å². The van der Waals surface area contributed by atoms with Crippen molar-refractivity contribution >= 4 is 18.0 Å². The quantitative estimate of drug-likeness (QED) is 0.212. The molecule has 11 nitrogen and oxygen atoms in total. The Labute approximate surface area is 179 Å². The number of aliphatic hydroxyl groups excluding tert-OH is 4. The highest BCUT2D eigenvalue weighted by Gasteiger charge is 2.36. The van der Waals surface area contributed by atoms with Crippen molar-refractivity contribution in [2.75, 3.05) is 6.61 Å². The molecule has 0 saturated heterocycles. The van der Waals surface area contributed by atoms with Crippen LogP contribution in [-0.4, -0.2) is 80.5 Å². The molecular weight excluding hydrogens is 412 g/mol. The Balaban J connectivity index is 2.76. The van der Waals surface area contributed by atoms with E-state index in [9.17, 15) is 34.8 Å². The number of rotatable bonds is 12. The van der Waals surface area contributed by atoms with Crippen LogP contribution in [0.2, 0.25) is 0 Å². The Morgan fingerprint density at radius 1 is 1.00 bits per heavy atom. The van der Waals surface area contributed by atoms with E-state index < -0.39 is 55.0 Å². The summed E-state index contributed by atoms with van der Waals surface area (Å²) in [5.41, 5.74) is 0.747. The van der Waals surface area contributed by atoms with Gasteiger partial charge in [0, 0.05) is 0 Å². The fourth-order valence-corrected chi connectivity index (χ4v) is 2.70. The molecular formula is C20H30N2O9. The zero-order valence-electron chi connectivity index (χ0n) is 17.3. The number of aliphatic hydroxyl groups is 4. The summed E-state index contributed by atoms with van der Waals surface area (Å²) in [6.07, 6.45) is -7.13. The van der Waals surface area contributed by atoms with Gasteiger partial charge < -0.3 is 40.9 Å². The van der Waals surface area contributed by atoms with Crippen LogP contribution in [0.3, 0.4) is 0 Å². The zero-order chi connectivity index (χ0) is 23.6. The number of carbonyl (C=O) groups is 3. The van der Waals surface area contributed by atoms with Crippen LogP contribution in [0.15, 0.2) is 30.3 Å². The van der Waals surface area contributed by atoms with Gasteiger partial charge in [0.15, 0.2) is 6.10 Å². The molecule has 7 N–H and O–H groups in total. The van der Waals surface area contributed by atoms with Crippen molar-refractivity contribution in [3.63, 3.8) is 0 Å². The third kappa shape index (κ3) is 8.89. The molecule has 0 aliphatic heterocycles. The van der Waals surface area contributed by atoms with Crippen LogP contribution in [0, 0.1) is 5.92 Å². The van der Waals surface area contributed by atoms with Gasteiger partial charge >= 0.3 is 12.1 Å². The summed E-state index contributed by atoms with van der Waals surface area (Å²) in [6, 6.07) is 6.30. The number of carboxylic acid groups (broad SMARTS) is 1. The number of carboxylic acids is 1. The average Bonchev–Trinajstić information content (AvgIpc) is 2.74. The van der Waals surface area contributed by atoms with Gasteiger partial charge in [-0.1, -0.05) is 44.2 Å². The van der Waals surface area contributed by atoms with Crippen LogP contribution in [-0.2, 0) is 20.9 Å². The number of hydrogen-bond donors (Lipinski definition) is 7. The standard InChI is InChI=1S/C20H30N2O9/c1-11(2)8-13(22-20(30)31-10-12-6-4-3-5-7-12)18(27)21-14(9-23)15(24)16(25)17(26)19(28)29/h3-7,11,13-17,23-26H,8-10H2,1-2H3,(H,21,27)(H,22,30)(H,28,29)/t13-,14-,15+,16+,17-/m0/s1. The van der Waals surface area contributed by atoms with E-state index in [0.29, 0.717) is 0 Å². The number of nitrogens with one attached hydrogen (secondary N) is 2. The van der Waals surface area contributed by atoms with Gasteiger partial charge in [0.1, 0.15) is 24.9 Å². The summed E-state index contributed by atoms with van der Waals surface area (Å²) in [4.78, 5) is 35.5. The number of hydrogen-bond acceptors (Lipinski definition) is 8. The van der Waals surface area contributed by atoms with E-state index >= 15 is 0 Å². The van der Waals surface area contributed by atoms with Crippen molar-refractivity contribution < 1.29 is 44.7 Å². The van der Waals surface area contributed by atoms with Crippen LogP contribution in [0.1, 0.15) is 25.8 Å². The van der Waals surface area contributed by atoms with E-state index in [1.165, 1.54) is 0 Å². The summed E-state index contributed by atoms with van der Waals surface area (Å²) in [5, 5.41) is 52.0. The molecule has 31 heavy (non-hydrogen) atoms. The Hall–Kier alpha value is -2.73. The smallest absolute Gasteiger partial charge is 0.408 e. The van der Waals surface area contributed by atoms with Gasteiger partial charge in [-0.3, -0.25) is 4.79 Å². The monoisotopic (exact) mass is 442 g/mol. The summed E-state index contributed by atoms with van der Waals surface area (Å²) in [7, 11) is 0. The lowest BCUT2D eigenvalue weighted by Gasteiger charge is -2.29. The van der Waals surface area contributed by atoms with Crippen molar-refractivity contribution in [2.45, 2.75) is 57.3 Å². The molecule has 0 bridgehead atoms. The Kier molecular flexibility index (Phi) is 10.9. The van der Waals surface area contributed by atoms with Crippen molar-refractivity contribution in [3.8, 4) is 0 Å². The largest absolute Gasteiger partial charge is 0.479 e. The molecule has 0 radical (unpaired) electrons. The number of benzene rings is 1. The molecule has 11 heteroatoms. The Morgan fingerprint density at radius 3 is 2.13 bits per heavy atom. The third-order valence-electron chi connectivity index (χ3n) is 4.39. The van der Waals surface area contributed by atoms with Gasteiger partial charge in [-0.05, 0) is 17.9 Å². The maximum Gasteiger partial charge on any atom is 0.408 e. The van der Waals surface area contributed by atoms with E-state index in [1.54, 1.807) is 24.3 Å². The lowest BCUT2D eigenvalue weighted by molar-refractivity contribution is -0.159. The second-order valence-electron chi connectivity index (χ2n) is 7.45. The molecule has 0 unspecified atom stereocenters. The maximum atomic E-state index is 12.6. The van der Waals surface area contributed by atoms with Crippen molar-refractivity contribution in [1.82, 2.24) is 10.6 Å². The fraction of sp³-hybridized carbons (Fsp3) is 0.550. The van der Waals surface area contributed by atoms with Crippen LogP contribution in [0.25, 0.3) is 0 Å². The number of alkyl carbamates (subject to hydrolysis) is 1. The first kappa shape index (κ1) is 26.3. The highest BCUT2D eigenvalue weighted by atomic mass is 16.5. The van der Waals surface area contributed by atoms with Gasteiger partial charge in [-0.2, -0.15) is 0 Å². The SMILES string of the molecule is CC(C)C[C@H](NC(=O)OCc1ccccc1)C(=O)N[C@@H](CO)[C@@H](O)[C@@H](O)[C@H](O)C(=O)O. The number of carbonyl (C=O) groups excluding carboxylic acids is 2. The van der Waals surface area contributed by atoms with Crippen molar-refractivity contribution in [1.29, 1.82) is 0 Å². The van der Waals surface area contributed by atoms with E-state index in [4.69, 9.17) is 9.84 Å². The molecule has 0 saturated carbocycles. The minimum Gasteiger partial charge on any atom is -0.479 e. The summed E-state index contributed by atoms with van der Waals surface area (Å²) < 4.78 is 5.10. The van der Waals surface area contributed by atoms with Gasteiger partial charge in [-0.25, -0.2) is 9.59 Å². The molecule has 0 heterocycles. The molecule has 5 atom stereocenters. The average molecular weight is 442 g/mol. The molecule has 0 aromatic heterocycles.